The third-order valence-corrected chi connectivity index (χ3v) is 6.18. The van der Waals surface area contributed by atoms with Crippen LogP contribution in [0.3, 0.4) is 0 Å². The van der Waals surface area contributed by atoms with E-state index in [2.05, 4.69) is 5.32 Å². The third kappa shape index (κ3) is 4.95. The highest BCUT2D eigenvalue weighted by molar-refractivity contribution is 5.82. The topological polar surface area (TPSA) is 93.4 Å². The summed E-state index contributed by atoms with van der Waals surface area (Å²) in [6, 6.07) is 13.7. The van der Waals surface area contributed by atoms with E-state index in [1.807, 2.05) is 6.92 Å². The molecule has 4 rings (SSSR count). The van der Waals surface area contributed by atoms with Crippen molar-refractivity contribution in [3.63, 3.8) is 0 Å². The quantitative estimate of drug-likeness (QED) is 0.583. The number of rotatable bonds is 7. The zero-order valence-corrected chi connectivity index (χ0v) is 19.5. The van der Waals surface area contributed by atoms with E-state index in [0.717, 1.165) is 35.8 Å². The van der Waals surface area contributed by atoms with Crippen molar-refractivity contribution in [2.75, 3.05) is 19.6 Å². The molecule has 1 saturated heterocycles. The summed E-state index contributed by atoms with van der Waals surface area (Å²) in [6.07, 6.45) is 4.12. The van der Waals surface area contributed by atoms with E-state index < -0.39 is 11.2 Å². The maximum atomic E-state index is 13.5. The van der Waals surface area contributed by atoms with Crippen molar-refractivity contribution in [1.29, 1.82) is 0 Å². The molecule has 3 aromatic rings. The van der Waals surface area contributed by atoms with Gasteiger partial charge < -0.3 is 10.2 Å². The summed E-state index contributed by atoms with van der Waals surface area (Å²) < 4.78 is 2.49. The number of carbonyl (C=O) groups is 2. The van der Waals surface area contributed by atoms with Crippen molar-refractivity contribution < 1.29 is 9.59 Å². The van der Waals surface area contributed by atoms with E-state index >= 15 is 0 Å². The monoisotopic (exact) mass is 462 g/mol. The standard InChI is InChI=1S/C26H30N4O4/c1-2-14-27-23(31)17-19-10-12-20(13-11-19)30-25(33)21-8-4-5-9-22(21)29(26(30)34)18-24(32)28-15-6-3-7-16-28/h4-5,8-13H,2-3,6-7,14-18H2,1H3,(H,27,31). The third-order valence-electron chi connectivity index (χ3n) is 6.18. The summed E-state index contributed by atoms with van der Waals surface area (Å²) in [5, 5.41) is 3.21. The Morgan fingerprint density at radius 2 is 1.65 bits per heavy atom. The van der Waals surface area contributed by atoms with E-state index in [1.54, 1.807) is 53.4 Å². The number of fused-ring (bicyclic) bond motifs is 1. The fourth-order valence-electron chi connectivity index (χ4n) is 4.36. The van der Waals surface area contributed by atoms with Crippen LogP contribution in [-0.2, 0) is 22.6 Å². The molecule has 34 heavy (non-hydrogen) atoms. The molecule has 1 aliphatic heterocycles. The zero-order chi connectivity index (χ0) is 24.1. The highest BCUT2D eigenvalue weighted by Gasteiger charge is 2.21. The first-order valence-electron chi connectivity index (χ1n) is 11.9. The molecular weight excluding hydrogens is 432 g/mol. The van der Waals surface area contributed by atoms with Crippen LogP contribution in [0.1, 0.15) is 38.2 Å². The molecule has 8 nitrogen and oxygen atoms in total. The smallest absolute Gasteiger partial charge is 0.336 e. The van der Waals surface area contributed by atoms with Crippen LogP contribution >= 0.6 is 0 Å². The maximum absolute atomic E-state index is 13.5. The average Bonchev–Trinajstić information content (AvgIpc) is 2.87. The van der Waals surface area contributed by atoms with E-state index in [1.165, 1.54) is 4.57 Å². The summed E-state index contributed by atoms with van der Waals surface area (Å²) in [7, 11) is 0. The SMILES string of the molecule is CCCNC(=O)Cc1ccc(-n2c(=O)c3ccccc3n(CC(=O)N3CCCCC3)c2=O)cc1. The highest BCUT2D eigenvalue weighted by atomic mass is 16.2. The number of nitrogens with zero attached hydrogens (tertiary/aromatic N) is 3. The number of likely N-dealkylation sites (tertiary alicyclic amines) is 1. The largest absolute Gasteiger partial charge is 0.356 e. The van der Waals surface area contributed by atoms with E-state index in [0.29, 0.717) is 36.2 Å². The van der Waals surface area contributed by atoms with Gasteiger partial charge in [-0.3, -0.25) is 19.0 Å². The highest BCUT2D eigenvalue weighted by Crippen LogP contribution is 2.14. The molecule has 1 N–H and O–H groups in total. The molecule has 0 radical (unpaired) electrons. The van der Waals surface area contributed by atoms with Gasteiger partial charge >= 0.3 is 5.69 Å². The molecule has 8 heteroatoms. The molecule has 2 aromatic carbocycles. The normalized spacial score (nSPS) is 13.7. The van der Waals surface area contributed by atoms with Crippen molar-refractivity contribution in [3.05, 3.63) is 74.9 Å². The minimum Gasteiger partial charge on any atom is -0.356 e. The molecule has 0 aliphatic carbocycles. The molecule has 178 valence electrons. The average molecular weight is 463 g/mol. The lowest BCUT2D eigenvalue weighted by atomic mass is 10.1. The summed E-state index contributed by atoms with van der Waals surface area (Å²) in [5.41, 5.74) is 0.644. The van der Waals surface area contributed by atoms with Gasteiger partial charge in [0.05, 0.1) is 23.0 Å². The first-order chi connectivity index (χ1) is 16.5. The van der Waals surface area contributed by atoms with Crippen molar-refractivity contribution >= 4 is 22.7 Å². The molecule has 0 bridgehead atoms. The summed E-state index contributed by atoms with van der Waals surface area (Å²) in [5.74, 6) is -0.193. The Balaban J connectivity index is 1.70. The van der Waals surface area contributed by atoms with Gasteiger partial charge in [0, 0.05) is 19.6 Å². The Morgan fingerprint density at radius 3 is 2.35 bits per heavy atom. The van der Waals surface area contributed by atoms with Crippen LogP contribution < -0.4 is 16.6 Å². The molecule has 0 atom stereocenters. The number of carbonyl (C=O) groups excluding carboxylic acids is 2. The number of hydrogen-bond acceptors (Lipinski definition) is 4. The van der Waals surface area contributed by atoms with Gasteiger partial charge in [0.2, 0.25) is 11.8 Å². The van der Waals surface area contributed by atoms with E-state index in [-0.39, 0.29) is 24.8 Å². The van der Waals surface area contributed by atoms with Crippen LogP contribution in [-0.4, -0.2) is 45.5 Å². The van der Waals surface area contributed by atoms with Crippen molar-refractivity contribution in [2.45, 2.75) is 45.6 Å². The molecule has 0 spiro atoms. The zero-order valence-electron chi connectivity index (χ0n) is 19.5. The number of hydrogen-bond donors (Lipinski definition) is 1. The number of para-hydroxylation sites is 1. The first kappa shape index (κ1) is 23.5. The lowest BCUT2D eigenvalue weighted by molar-refractivity contribution is -0.132. The van der Waals surface area contributed by atoms with Gasteiger partial charge in [0.1, 0.15) is 6.54 Å². The second-order valence-corrected chi connectivity index (χ2v) is 8.66. The van der Waals surface area contributed by atoms with Gasteiger partial charge in [-0.15, -0.1) is 0 Å². The molecular formula is C26H30N4O4. The number of nitrogens with one attached hydrogen (secondary N) is 1. The predicted molar refractivity (Wildman–Crippen MR) is 131 cm³/mol. The lowest BCUT2D eigenvalue weighted by Gasteiger charge is -2.27. The van der Waals surface area contributed by atoms with Gasteiger partial charge in [-0.05, 0) is 55.5 Å². The molecule has 2 amide bonds. The lowest BCUT2D eigenvalue weighted by Crippen LogP contribution is -2.44. The van der Waals surface area contributed by atoms with Crippen LogP contribution in [0.2, 0.25) is 0 Å². The molecule has 0 unspecified atom stereocenters. The van der Waals surface area contributed by atoms with Crippen molar-refractivity contribution in [1.82, 2.24) is 19.4 Å². The van der Waals surface area contributed by atoms with Crippen LogP contribution in [0.4, 0.5) is 0 Å². The van der Waals surface area contributed by atoms with Crippen LogP contribution in [0.5, 0.6) is 0 Å². The van der Waals surface area contributed by atoms with E-state index in [9.17, 15) is 19.2 Å². The summed E-state index contributed by atoms with van der Waals surface area (Å²) in [6.45, 7) is 3.88. The number of piperidine rings is 1. The molecule has 2 heterocycles. The minimum atomic E-state index is -0.553. The number of aromatic nitrogens is 2. The van der Waals surface area contributed by atoms with Crippen molar-refractivity contribution in [3.8, 4) is 5.69 Å². The first-order valence-corrected chi connectivity index (χ1v) is 11.9. The van der Waals surface area contributed by atoms with Crippen LogP contribution in [0.15, 0.2) is 58.1 Å². The Morgan fingerprint density at radius 1 is 0.941 bits per heavy atom. The predicted octanol–water partition coefficient (Wildman–Crippen LogP) is 2.23. The molecule has 0 saturated carbocycles. The fourth-order valence-corrected chi connectivity index (χ4v) is 4.36. The Labute approximate surface area is 197 Å². The molecule has 1 aliphatic rings. The van der Waals surface area contributed by atoms with Crippen molar-refractivity contribution in [2.24, 2.45) is 0 Å². The minimum absolute atomic E-state index is 0.0731. The molecule has 1 aromatic heterocycles. The van der Waals surface area contributed by atoms with Gasteiger partial charge in [-0.2, -0.15) is 0 Å². The van der Waals surface area contributed by atoms with Gasteiger partial charge in [-0.1, -0.05) is 31.2 Å². The van der Waals surface area contributed by atoms with Crippen LogP contribution in [0, 0.1) is 0 Å². The second-order valence-electron chi connectivity index (χ2n) is 8.66. The van der Waals surface area contributed by atoms with Gasteiger partial charge in [-0.25, -0.2) is 9.36 Å². The molecule has 1 fully saturated rings. The van der Waals surface area contributed by atoms with Crippen LogP contribution in [0.25, 0.3) is 16.6 Å². The van der Waals surface area contributed by atoms with Gasteiger partial charge in [0.25, 0.3) is 5.56 Å². The number of amides is 2. The fraction of sp³-hybridized carbons (Fsp3) is 0.385. The maximum Gasteiger partial charge on any atom is 0.336 e. The second kappa shape index (κ2) is 10.5. The van der Waals surface area contributed by atoms with E-state index in [4.69, 9.17) is 0 Å². The van der Waals surface area contributed by atoms with Gasteiger partial charge in [0.15, 0.2) is 0 Å². The Kier molecular flexibility index (Phi) is 7.25. The number of benzene rings is 2. The Hall–Kier alpha value is -3.68. The summed E-state index contributed by atoms with van der Waals surface area (Å²) in [4.78, 5) is 53.5. The Bertz CT molecular complexity index is 1300. The summed E-state index contributed by atoms with van der Waals surface area (Å²) >= 11 is 0.